The first-order valence-electron chi connectivity index (χ1n) is 10.9. The smallest absolute Gasteiger partial charge is 0.262 e. The van der Waals surface area contributed by atoms with Crippen LogP contribution in [0.2, 0.25) is 0 Å². The van der Waals surface area contributed by atoms with Crippen LogP contribution in [0.4, 0.5) is 0 Å². The molecular formula is C25H27N3O5. The second kappa shape index (κ2) is 8.69. The van der Waals surface area contributed by atoms with Crippen molar-refractivity contribution in [1.29, 1.82) is 0 Å². The van der Waals surface area contributed by atoms with Crippen molar-refractivity contribution in [2.24, 2.45) is 0 Å². The van der Waals surface area contributed by atoms with Gasteiger partial charge < -0.3 is 14.5 Å². The Morgan fingerprint density at radius 3 is 2.09 bits per heavy atom. The number of hydrogen-bond acceptors (Lipinski definition) is 5. The van der Waals surface area contributed by atoms with Gasteiger partial charge in [-0.25, -0.2) is 0 Å². The highest BCUT2D eigenvalue weighted by molar-refractivity contribution is 6.22. The Balaban J connectivity index is 1.37. The van der Waals surface area contributed by atoms with Gasteiger partial charge in [-0.3, -0.25) is 24.1 Å². The molecule has 0 radical (unpaired) electrons. The SMILES string of the molecule is CC(C)(C)N1C(=O)c2ccc(C(=O)N3CCN(C(=O)COc4ccccc4)CC3)cc2C1=O. The molecule has 2 aliphatic rings. The summed E-state index contributed by atoms with van der Waals surface area (Å²) in [5, 5.41) is 0. The summed E-state index contributed by atoms with van der Waals surface area (Å²) in [6.07, 6.45) is 0. The molecule has 8 nitrogen and oxygen atoms in total. The second-order valence-electron chi connectivity index (χ2n) is 9.15. The summed E-state index contributed by atoms with van der Waals surface area (Å²) >= 11 is 0. The minimum atomic E-state index is -0.648. The van der Waals surface area contributed by atoms with Gasteiger partial charge in [-0.05, 0) is 51.1 Å². The standard InChI is InChI=1S/C25H27N3O5/c1-25(2,3)28-23(31)19-10-9-17(15-20(19)24(28)32)22(30)27-13-11-26(12-14-27)21(29)16-33-18-7-5-4-6-8-18/h4-10,15H,11-14,16H2,1-3H3. The third kappa shape index (κ3) is 4.46. The highest BCUT2D eigenvalue weighted by Gasteiger charge is 2.42. The molecule has 0 N–H and O–H groups in total. The van der Waals surface area contributed by atoms with Crippen LogP contribution in [0.3, 0.4) is 0 Å². The molecule has 0 bridgehead atoms. The maximum Gasteiger partial charge on any atom is 0.262 e. The molecule has 2 aromatic carbocycles. The number of benzene rings is 2. The predicted octanol–water partition coefficient (Wildman–Crippen LogP) is 2.44. The molecule has 4 amide bonds. The third-order valence-electron chi connectivity index (χ3n) is 5.83. The van der Waals surface area contributed by atoms with Gasteiger partial charge in [-0.15, -0.1) is 0 Å². The summed E-state index contributed by atoms with van der Waals surface area (Å²) in [6, 6.07) is 13.8. The number of carbonyl (C=O) groups is 4. The van der Waals surface area contributed by atoms with Crippen molar-refractivity contribution in [3.05, 3.63) is 65.2 Å². The Morgan fingerprint density at radius 2 is 1.45 bits per heavy atom. The number of nitrogens with zero attached hydrogens (tertiary/aromatic N) is 3. The molecule has 2 heterocycles. The van der Waals surface area contributed by atoms with Crippen molar-refractivity contribution in [3.63, 3.8) is 0 Å². The van der Waals surface area contributed by atoms with Gasteiger partial charge in [0.25, 0.3) is 23.6 Å². The lowest BCUT2D eigenvalue weighted by Crippen LogP contribution is -2.51. The quantitative estimate of drug-likeness (QED) is 0.669. The Labute approximate surface area is 192 Å². The molecule has 8 heteroatoms. The van der Waals surface area contributed by atoms with E-state index in [0.29, 0.717) is 43.1 Å². The number of para-hydroxylation sites is 1. The van der Waals surface area contributed by atoms with Gasteiger partial charge in [0.2, 0.25) is 0 Å². The van der Waals surface area contributed by atoms with Crippen LogP contribution >= 0.6 is 0 Å². The number of fused-ring (bicyclic) bond motifs is 1. The first kappa shape index (κ1) is 22.5. The maximum absolute atomic E-state index is 13.0. The minimum absolute atomic E-state index is 0.0524. The van der Waals surface area contributed by atoms with Gasteiger partial charge in [0.05, 0.1) is 11.1 Å². The van der Waals surface area contributed by atoms with Gasteiger partial charge in [0.15, 0.2) is 6.61 Å². The largest absolute Gasteiger partial charge is 0.484 e. The van der Waals surface area contributed by atoms with Crippen LogP contribution in [0, 0.1) is 0 Å². The number of piperazine rings is 1. The van der Waals surface area contributed by atoms with Crippen LogP contribution in [-0.2, 0) is 4.79 Å². The topological polar surface area (TPSA) is 87.2 Å². The van der Waals surface area contributed by atoms with Gasteiger partial charge in [0, 0.05) is 37.3 Å². The Hall–Kier alpha value is -3.68. The third-order valence-corrected chi connectivity index (χ3v) is 5.83. The van der Waals surface area contributed by atoms with Crippen molar-refractivity contribution in [2.45, 2.75) is 26.3 Å². The molecule has 2 aromatic rings. The van der Waals surface area contributed by atoms with E-state index in [1.54, 1.807) is 54.8 Å². The number of hydrogen-bond donors (Lipinski definition) is 0. The summed E-state index contributed by atoms with van der Waals surface area (Å²) in [5.41, 5.74) is 0.288. The zero-order valence-corrected chi connectivity index (χ0v) is 19.0. The average Bonchev–Trinajstić information content (AvgIpc) is 3.07. The van der Waals surface area contributed by atoms with E-state index in [9.17, 15) is 19.2 Å². The van der Waals surface area contributed by atoms with E-state index in [1.807, 2.05) is 18.2 Å². The van der Waals surface area contributed by atoms with Gasteiger partial charge >= 0.3 is 0 Å². The molecule has 1 fully saturated rings. The molecule has 0 aliphatic carbocycles. The van der Waals surface area contributed by atoms with Gasteiger partial charge in [-0.1, -0.05) is 18.2 Å². The molecule has 172 valence electrons. The predicted molar refractivity (Wildman–Crippen MR) is 121 cm³/mol. The zero-order valence-electron chi connectivity index (χ0n) is 19.0. The summed E-state index contributed by atoms with van der Waals surface area (Å²) in [4.78, 5) is 55.5. The van der Waals surface area contributed by atoms with E-state index >= 15 is 0 Å². The normalized spacial score (nSPS) is 16.2. The van der Waals surface area contributed by atoms with Crippen molar-refractivity contribution >= 4 is 23.6 Å². The fourth-order valence-corrected chi connectivity index (χ4v) is 4.08. The van der Waals surface area contributed by atoms with E-state index in [0.717, 1.165) is 0 Å². The molecule has 4 rings (SSSR count). The number of rotatable bonds is 4. The highest BCUT2D eigenvalue weighted by atomic mass is 16.5. The van der Waals surface area contributed by atoms with E-state index in [-0.39, 0.29) is 35.8 Å². The molecule has 33 heavy (non-hydrogen) atoms. The molecule has 0 saturated carbocycles. The molecule has 2 aliphatic heterocycles. The molecule has 1 saturated heterocycles. The van der Waals surface area contributed by atoms with Crippen LogP contribution in [0.15, 0.2) is 48.5 Å². The van der Waals surface area contributed by atoms with Crippen molar-refractivity contribution < 1.29 is 23.9 Å². The van der Waals surface area contributed by atoms with E-state index in [1.165, 1.54) is 11.0 Å². The maximum atomic E-state index is 13.0. The number of carbonyl (C=O) groups excluding carboxylic acids is 4. The van der Waals surface area contributed by atoms with Crippen LogP contribution < -0.4 is 4.74 Å². The Kier molecular flexibility index (Phi) is 5.93. The number of amides is 4. The highest BCUT2D eigenvalue weighted by Crippen LogP contribution is 2.30. The summed E-state index contributed by atoms with van der Waals surface area (Å²) in [6.45, 7) is 6.92. The lowest BCUT2D eigenvalue weighted by Gasteiger charge is -2.34. The lowest BCUT2D eigenvalue weighted by molar-refractivity contribution is -0.134. The summed E-state index contributed by atoms with van der Waals surface area (Å²) in [7, 11) is 0. The van der Waals surface area contributed by atoms with Crippen LogP contribution in [0.25, 0.3) is 0 Å². The first-order valence-corrected chi connectivity index (χ1v) is 10.9. The van der Waals surface area contributed by atoms with Crippen molar-refractivity contribution in [3.8, 4) is 5.75 Å². The summed E-state index contributed by atoms with van der Waals surface area (Å²) < 4.78 is 5.52. The molecular weight excluding hydrogens is 422 g/mol. The van der Waals surface area contributed by atoms with E-state index in [2.05, 4.69) is 0 Å². The second-order valence-corrected chi connectivity index (χ2v) is 9.15. The Bertz CT molecular complexity index is 1100. The van der Waals surface area contributed by atoms with Crippen molar-refractivity contribution in [2.75, 3.05) is 32.8 Å². The molecule has 0 spiro atoms. The Morgan fingerprint density at radius 1 is 0.848 bits per heavy atom. The fourth-order valence-electron chi connectivity index (χ4n) is 4.08. The first-order chi connectivity index (χ1) is 15.7. The summed E-state index contributed by atoms with van der Waals surface area (Å²) in [5.74, 6) is -0.443. The lowest BCUT2D eigenvalue weighted by atomic mass is 10.0. The van der Waals surface area contributed by atoms with Gasteiger partial charge in [-0.2, -0.15) is 0 Å². The van der Waals surface area contributed by atoms with Crippen molar-refractivity contribution in [1.82, 2.24) is 14.7 Å². The molecule has 0 unspecified atom stereocenters. The average molecular weight is 450 g/mol. The van der Waals surface area contributed by atoms with Crippen LogP contribution in [-0.4, -0.2) is 76.7 Å². The zero-order chi connectivity index (χ0) is 23.8. The van der Waals surface area contributed by atoms with E-state index < -0.39 is 5.54 Å². The number of ether oxygens (including phenoxy) is 1. The molecule has 0 atom stereocenters. The van der Waals surface area contributed by atoms with E-state index in [4.69, 9.17) is 4.74 Å². The van der Waals surface area contributed by atoms with Gasteiger partial charge in [0.1, 0.15) is 5.75 Å². The number of imide groups is 1. The van der Waals surface area contributed by atoms with Crippen LogP contribution in [0.5, 0.6) is 5.75 Å². The monoisotopic (exact) mass is 449 g/mol. The minimum Gasteiger partial charge on any atom is -0.484 e. The molecule has 0 aromatic heterocycles. The van der Waals surface area contributed by atoms with Crippen LogP contribution in [0.1, 0.15) is 51.8 Å². The fraction of sp³-hybridized carbons (Fsp3) is 0.360.